The highest BCUT2D eigenvalue weighted by Gasteiger charge is 2.54. The molecule has 0 radical (unpaired) electrons. The summed E-state index contributed by atoms with van der Waals surface area (Å²) in [6.07, 6.45) is -2.47. The number of amides is 1. The zero-order valence-corrected chi connectivity index (χ0v) is 13.9. The van der Waals surface area contributed by atoms with Crippen LogP contribution in [0, 0.1) is 5.41 Å². The van der Waals surface area contributed by atoms with Crippen LogP contribution in [0.25, 0.3) is 0 Å². The largest absolute Gasteiger partial charge is 0.444 e. The van der Waals surface area contributed by atoms with E-state index >= 15 is 0 Å². The molecule has 0 unspecified atom stereocenters. The van der Waals surface area contributed by atoms with E-state index in [1.807, 2.05) is 25.7 Å². The fourth-order valence-corrected chi connectivity index (χ4v) is 3.12. The highest BCUT2D eigenvalue weighted by atomic mass is 19.4. The van der Waals surface area contributed by atoms with Gasteiger partial charge in [-0.25, -0.2) is 4.79 Å². The number of likely N-dealkylation sites (tertiary alicyclic amines) is 1. The Labute approximate surface area is 138 Å². The highest BCUT2D eigenvalue weighted by Crippen LogP contribution is 2.43. The van der Waals surface area contributed by atoms with Crippen molar-refractivity contribution in [2.75, 3.05) is 31.1 Å². The minimum atomic E-state index is -4.39. The summed E-state index contributed by atoms with van der Waals surface area (Å²) in [6, 6.07) is 1.12. The second kappa shape index (κ2) is 5.26. The lowest BCUT2D eigenvalue weighted by Crippen LogP contribution is -2.73. The summed E-state index contributed by atoms with van der Waals surface area (Å²) >= 11 is 0. The molecular weight excluding hydrogens is 323 g/mol. The smallest absolute Gasteiger partial charge is 0.417 e. The summed E-state index contributed by atoms with van der Waals surface area (Å²) in [5.74, 6) is 0. The van der Waals surface area contributed by atoms with E-state index < -0.39 is 17.3 Å². The molecule has 1 amide bonds. The van der Waals surface area contributed by atoms with E-state index in [-0.39, 0.29) is 11.5 Å². The average Bonchev–Trinajstić information content (AvgIpc) is 2.32. The molecule has 5 nitrogen and oxygen atoms in total. The number of aromatic nitrogens is 1. The molecule has 2 saturated heterocycles. The molecule has 0 atom stereocenters. The molecule has 0 N–H and O–H groups in total. The van der Waals surface area contributed by atoms with Crippen molar-refractivity contribution in [3.63, 3.8) is 0 Å². The van der Waals surface area contributed by atoms with Crippen LogP contribution in [-0.4, -0.2) is 47.8 Å². The topological polar surface area (TPSA) is 45.7 Å². The number of ether oxygens (including phenoxy) is 1. The Morgan fingerprint density at radius 2 is 1.79 bits per heavy atom. The first-order valence-electron chi connectivity index (χ1n) is 7.73. The van der Waals surface area contributed by atoms with Crippen LogP contribution < -0.4 is 4.90 Å². The molecule has 0 aromatic carbocycles. The fourth-order valence-electron chi connectivity index (χ4n) is 3.12. The van der Waals surface area contributed by atoms with Crippen molar-refractivity contribution in [2.45, 2.75) is 32.5 Å². The minimum Gasteiger partial charge on any atom is -0.444 e. The van der Waals surface area contributed by atoms with Gasteiger partial charge in [0, 0.05) is 37.8 Å². The summed E-state index contributed by atoms with van der Waals surface area (Å²) in [5.41, 5.74) is -0.850. The van der Waals surface area contributed by atoms with Gasteiger partial charge in [-0.3, -0.25) is 4.98 Å². The second-order valence-electron chi connectivity index (χ2n) is 7.62. The van der Waals surface area contributed by atoms with Gasteiger partial charge in [0.1, 0.15) is 5.60 Å². The van der Waals surface area contributed by atoms with E-state index in [4.69, 9.17) is 4.74 Å². The molecular formula is C16H20F3N3O2. The lowest BCUT2D eigenvalue weighted by Gasteiger charge is -2.60. The summed E-state index contributed by atoms with van der Waals surface area (Å²) in [5, 5.41) is 0. The monoisotopic (exact) mass is 343 g/mol. The van der Waals surface area contributed by atoms with E-state index in [9.17, 15) is 18.0 Å². The third-order valence-corrected chi connectivity index (χ3v) is 4.17. The van der Waals surface area contributed by atoms with Gasteiger partial charge in [-0.1, -0.05) is 0 Å². The zero-order valence-electron chi connectivity index (χ0n) is 13.9. The number of alkyl halides is 3. The van der Waals surface area contributed by atoms with Crippen LogP contribution in [0.3, 0.4) is 0 Å². The maximum absolute atomic E-state index is 12.7. The van der Waals surface area contributed by atoms with Crippen molar-refractivity contribution in [3.05, 3.63) is 24.0 Å². The number of rotatable bonds is 1. The Kier molecular flexibility index (Phi) is 3.69. The first-order valence-corrected chi connectivity index (χ1v) is 7.73. The van der Waals surface area contributed by atoms with Gasteiger partial charge < -0.3 is 14.5 Å². The number of hydrogen-bond donors (Lipinski definition) is 0. The predicted octanol–water partition coefficient (Wildman–Crippen LogP) is 3.16. The first-order chi connectivity index (χ1) is 11.0. The number of hydrogen-bond acceptors (Lipinski definition) is 4. The van der Waals surface area contributed by atoms with Crippen molar-refractivity contribution in [2.24, 2.45) is 5.41 Å². The quantitative estimate of drug-likeness (QED) is 0.786. The lowest BCUT2D eigenvalue weighted by atomic mass is 9.73. The first kappa shape index (κ1) is 16.9. The molecule has 3 heterocycles. The van der Waals surface area contributed by atoms with Crippen LogP contribution in [0.4, 0.5) is 23.7 Å². The van der Waals surface area contributed by atoms with Gasteiger partial charge in [-0.05, 0) is 26.8 Å². The predicted molar refractivity (Wildman–Crippen MR) is 81.7 cm³/mol. The molecule has 3 rings (SSSR count). The van der Waals surface area contributed by atoms with E-state index in [1.54, 1.807) is 4.90 Å². The molecule has 132 valence electrons. The summed E-state index contributed by atoms with van der Waals surface area (Å²) < 4.78 is 43.5. The van der Waals surface area contributed by atoms with Gasteiger partial charge in [-0.15, -0.1) is 0 Å². The maximum Gasteiger partial charge on any atom is 0.417 e. The van der Waals surface area contributed by atoms with E-state index in [1.165, 1.54) is 6.20 Å². The van der Waals surface area contributed by atoms with Gasteiger partial charge in [0.25, 0.3) is 0 Å². The van der Waals surface area contributed by atoms with Gasteiger partial charge >= 0.3 is 12.3 Å². The molecule has 24 heavy (non-hydrogen) atoms. The summed E-state index contributed by atoms with van der Waals surface area (Å²) in [4.78, 5) is 19.1. The summed E-state index contributed by atoms with van der Waals surface area (Å²) in [6.45, 7) is 7.82. The van der Waals surface area contributed by atoms with Crippen molar-refractivity contribution in [1.82, 2.24) is 9.88 Å². The number of anilines is 1. The molecule has 0 saturated carbocycles. The SMILES string of the molecule is CC(C)(C)OC(=O)N1CC2(C1)CN(c1cncc(C(F)(F)F)c1)C2. The van der Waals surface area contributed by atoms with E-state index in [0.29, 0.717) is 31.9 Å². The standard InChI is InChI=1S/C16H20F3N3O2/c1-14(2,3)24-13(23)22-9-15(10-22)7-21(8-15)12-4-11(5-20-6-12)16(17,18)19/h4-6H,7-10H2,1-3H3. The third-order valence-electron chi connectivity index (χ3n) is 4.17. The van der Waals surface area contributed by atoms with Crippen molar-refractivity contribution >= 4 is 11.8 Å². The van der Waals surface area contributed by atoms with Gasteiger partial charge in [0.15, 0.2) is 0 Å². The van der Waals surface area contributed by atoms with Crippen LogP contribution >= 0.6 is 0 Å². The van der Waals surface area contributed by atoms with Gasteiger partial charge in [-0.2, -0.15) is 13.2 Å². The normalized spacial score (nSPS) is 19.8. The highest BCUT2D eigenvalue weighted by molar-refractivity contribution is 5.70. The van der Waals surface area contributed by atoms with Gasteiger partial charge in [0.2, 0.25) is 0 Å². The Morgan fingerprint density at radius 1 is 1.17 bits per heavy atom. The number of halogens is 3. The molecule has 1 aromatic heterocycles. The van der Waals surface area contributed by atoms with Crippen LogP contribution in [0.15, 0.2) is 18.5 Å². The van der Waals surface area contributed by atoms with Crippen LogP contribution in [-0.2, 0) is 10.9 Å². The van der Waals surface area contributed by atoms with Gasteiger partial charge in [0.05, 0.1) is 17.4 Å². The molecule has 1 spiro atoms. The molecule has 2 aliphatic rings. The molecule has 8 heteroatoms. The van der Waals surface area contributed by atoms with Crippen molar-refractivity contribution in [1.29, 1.82) is 0 Å². The maximum atomic E-state index is 12.7. The molecule has 2 fully saturated rings. The van der Waals surface area contributed by atoms with E-state index in [0.717, 1.165) is 12.3 Å². The average molecular weight is 343 g/mol. The lowest BCUT2D eigenvalue weighted by molar-refractivity contribution is -0.137. The molecule has 1 aromatic rings. The fraction of sp³-hybridized carbons (Fsp3) is 0.625. The number of nitrogens with zero attached hydrogens (tertiary/aromatic N) is 3. The Hall–Kier alpha value is -1.99. The number of pyridine rings is 1. The second-order valence-corrected chi connectivity index (χ2v) is 7.62. The van der Waals surface area contributed by atoms with Crippen molar-refractivity contribution in [3.8, 4) is 0 Å². The molecule has 0 aliphatic carbocycles. The third kappa shape index (κ3) is 3.27. The Balaban J connectivity index is 1.55. The van der Waals surface area contributed by atoms with E-state index in [2.05, 4.69) is 4.98 Å². The number of carbonyl (C=O) groups is 1. The zero-order chi connectivity index (χ0) is 17.8. The van der Waals surface area contributed by atoms with Crippen LogP contribution in [0.5, 0.6) is 0 Å². The summed E-state index contributed by atoms with van der Waals surface area (Å²) in [7, 11) is 0. The molecule has 0 bridgehead atoms. The Morgan fingerprint density at radius 3 is 2.33 bits per heavy atom. The van der Waals surface area contributed by atoms with Crippen LogP contribution in [0.2, 0.25) is 0 Å². The Bertz CT molecular complexity index is 641. The minimum absolute atomic E-state index is 0.0366. The van der Waals surface area contributed by atoms with Crippen molar-refractivity contribution < 1.29 is 22.7 Å². The number of carbonyl (C=O) groups excluding carboxylic acids is 1. The van der Waals surface area contributed by atoms with Crippen LogP contribution in [0.1, 0.15) is 26.3 Å². The molecule has 2 aliphatic heterocycles.